The zero-order chi connectivity index (χ0) is 12.3. The van der Waals surface area contributed by atoms with Gasteiger partial charge in [0.1, 0.15) is 0 Å². The number of aromatic nitrogens is 2. The van der Waals surface area contributed by atoms with Crippen LogP contribution in [-0.4, -0.2) is 28.5 Å². The maximum Gasteiger partial charge on any atom is 0.239 e. The Bertz CT molecular complexity index is 422. The molecule has 2 rings (SSSR count). The second-order valence-corrected chi connectivity index (χ2v) is 3.73. The minimum Gasteiger partial charge on any atom is -0.358 e. The summed E-state index contributed by atoms with van der Waals surface area (Å²) in [4.78, 5) is 18.7. The molecule has 92 valence electrons. The number of anilines is 2. The summed E-state index contributed by atoms with van der Waals surface area (Å²) in [6.07, 6.45) is 2.99. The summed E-state index contributed by atoms with van der Waals surface area (Å²) in [5.74, 6) is 4.29. The summed E-state index contributed by atoms with van der Waals surface area (Å²) < 4.78 is 13.2. The fourth-order valence-electron chi connectivity index (χ4n) is 1.23. The molecule has 0 spiro atoms. The number of amides is 1. The molecular weight excluding hydrogens is 227 g/mol. The van der Waals surface area contributed by atoms with Crippen LogP contribution in [0.2, 0.25) is 0 Å². The zero-order valence-electron chi connectivity index (χ0n) is 9.03. The van der Waals surface area contributed by atoms with E-state index in [4.69, 9.17) is 5.84 Å². The molecule has 1 saturated carbocycles. The van der Waals surface area contributed by atoms with E-state index in [0.29, 0.717) is 0 Å². The highest BCUT2D eigenvalue weighted by atomic mass is 19.1. The van der Waals surface area contributed by atoms with Crippen LogP contribution in [0.5, 0.6) is 0 Å². The monoisotopic (exact) mass is 240 g/mol. The second kappa shape index (κ2) is 4.91. The zero-order valence-corrected chi connectivity index (χ0v) is 9.03. The Morgan fingerprint density at radius 2 is 2.35 bits per heavy atom. The van der Waals surface area contributed by atoms with Crippen molar-refractivity contribution in [3.05, 3.63) is 12.0 Å². The van der Waals surface area contributed by atoms with Crippen LogP contribution in [0.15, 0.2) is 6.20 Å². The van der Waals surface area contributed by atoms with Crippen LogP contribution in [0.3, 0.4) is 0 Å². The fraction of sp³-hybridized carbons (Fsp3) is 0.444. The van der Waals surface area contributed by atoms with E-state index in [1.807, 2.05) is 0 Å². The molecule has 0 bridgehead atoms. The van der Waals surface area contributed by atoms with Gasteiger partial charge in [-0.1, -0.05) is 0 Å². The van der Waals surface area contributed by atoms with Gasteiger partial charge in [0.25, 0.3) is 0 Å². The third kappa shape index (κ3) is 3.25. The number of nitrogens with one attached hydrogen (secondary N) is 3. The average molecular weight is 240 g/mol. The van der Waals surface area contributed by atoms with E-state index < -0.39 is 5.82 Å². The quantitative estimate of drug-likeness (QED) is 0.412. The predicted molar refractivity (Wildman–Crippen MR) is 59.5 cm³/mol. The van der Waals surface area contributed by atoms with Gasteiger partial charge in [0, 0.05) is 6.04 Å². The van der Waals surface area contributed by atoms with Crippen molar-refractivity contribution in [2.24, 2.45) is 5.84 Å². The first-order chi connectivity index (χ1) is 8.19. The first-order valence-corrected chi connectivity index (χ1v) is 5.21. The van der Waals surface area contributed by atoms with Crippen molar-refractivity contribution in [1.29, 1.82) is 0 Å². The molecule has 5 N–H and O–H groups in total. The Morgan fingerprint density at radius 3 is 3.00 bits per heavy atom. The van der Waals surface area contributed by atoms with Crippen molar-refractivity contribution in [2.75, 3.05) is 17.3 Å². The van der Waals surface area contributed by atoms with E-state index in [0.717, 1.165) is 19.0 Å². The van der Waals surface area contributed by atoms with Gasteiger partial charge in [-0.3, -0.25) is 10.2 Å². The third-order valence-corrected chi connectivity index (χ3v) is 2.23. The van der Waals surface area contributed by atoms with Crippen molar-refractivity contribution in [2.45, 2.75) is 18.9 Å². The van der Waals surface area contributed by atoms with Crippen LogP contribution >= 0.6 is 0 Å². The average Bonchev–Trinajstić information content (AvgIpc) is 3.12. The summed E-state index contributed by atoms with van der Waals surface area (Å²) in [5.41, 5.74) is 2.19. The normalized spacial score (nSPS) is 14.2. The van der Waals surface area contributed by atoms with Gasteiger partial charge in [-0.15, -0.1) is 0 Å². The molecule has 1 aromatic heterocycles. The number of carbonyl (C=O) groups excluding carboxylic acids is 1. The van der Waals surface area contributed by atoms with Crippen molar-refractivity contribution < 1.29 is 9.18 Å². The Hall–Kier alpha value is -1.96. The summed E-state index contributed by atoms with van der Waals surface area (Å²) in [6, 6.07) is 0.279. The first-order valence-electron chi connectivity index (χ1n) is 5.21. The second-order valence-electron chi connectivity index (χ2n) is 3.73. The lowest BCUT2D eigenvalue weighted by Crippen LogP contribution is -2.31. The summed E-state index contributed by atoms with van der Waals surface area (Å²) in [6.45, 7) is -0.0333. The predicted octanol–water partition coefficient (Wildman–Crippen LogP) is -0.408. The van der Waals surface area contributed by atoms with Crippen LogP contribution < -0.4 is 21.9 Å². The molecule has 1 aliphatic rings. The molecule has 8 heteroatoms. The number of hydrazine groups is 1. The van der Waals surface area contributed by atoms with Crippen molar-refractivity contribution in [1.82, 2.24) is 15.3 Å². The number of carbonyl (C=O) groups is 1. The van der Waals surface area contributed by atoms with Gasteiger partial charge >= 0.3 is 0 Å². The lowest BCUT2D eigenvalue weighted by molar-refractivity contribution is -0.119. The third-order valence-electron chi connectivity index (χ3n) is 2.23. The molecule has 0 radical (unpaired) electrons. The number of nitrogens with zero attached hydrogens (tertiary/aromatic N) is 2. The molecular formula is C9H13FN6O. The van der Waals surface area contributed by atoms with E-state index in [2.05, 4.69) is 26.0 Å². The fourth-order valence-corrected chi connectivity index (χ4v) is 1.23. The molecule has 7 nitrogen and oxygen atoms in total. The van der Waals surface area contributed by atoms with Gasteiger partial charge in [-0.2, -0.15) is 4.98 Å². The number of nitrogen functional groups attached to an aromatic ring is 1. The molecule has 1 fully saturated rings. The highest BCUT2D eigenvalue weighted by Crippen LogP contribution is 2.18. The van der Waals surface area contributed by atoms with Gasteiger partial charge in [-0.05, 0) is 12.8 Å². The van der Waals surface area contributed by atoms with Crippen molar-refractivity contribution in [3.63, 3.8) is 0 Å². The van der Waals surface area contributed by atoms with Gasteiger partial charge in [0.05, 0.1) is 12.7 Å². The van der Waals surface area contributed by atoms with Gasteiger partial charge in [0.15, 0.2) is 11.6 Å². The minimum atomic E-state index is -0.636. The van der Waals surface area contributed by atoms with Crippen LogP contribution in [0, 0.1) is 5.82 Å². The number of hydrogen-bond donors (Lipinski definition) is 4. The molecule has 1 amide bonds. The van der Waals surface area contributed by atoms with Crippen LogP contribution in [0.25, 0.3) is 0 Å². The Morgan fingerprint density at radius 1 is 1.59 bits per heavy atom. The molecule has 0 unspecified atom stereocenters. The van der Waals surface area contributed by atoms with Gasteiger partial charge in [0.2, 0.25) is 11.9 Å². The number of halogens is 1. The van der Waals surface area contributed by atoms with E-state index in [1.54, 1.807) is 0 Å². The van der Waals surface area contributed by atoms with Crippen LogP contribution in [0.4, 0.5) is 16.2 Å². The molecule has 1 heterocycles. The Labute approximate surface area is 97.0 Å². The SMILES string of the molecule is NNc1ncc(F)c(NCC(=O)NC2CC2)n1. The maximum atomic E-state index is 13.2. The molecule has 0 aliphatic heterocycles. The highest BCUT2D eigenvalue weighted by Gasteiger charge is 2.23. The lowest BCUT2D eigenvalue weighted by atomic mass is 10.5. The first kappa shape index (κ1) is 11.5. The number of rotatable bonds is 5. The molecule has 17 heavy (non-hydrogen) atoms. The standard InChI is InChI=1S/C9H13FN6O/c10-6-3-13-9(16-11)15-8(6)12-4-7(17)14-5-1-2-5/h3,5H,1-2,4,11H2,(H,14,17)(H2,12,13,15,16). The summed E-state index contributed by atoms with van der Waals surface area (Å²) in [5, 5.41) is 5.35. The van der Waals surface area contributed by atoms with Crippen LogP contribution in [-0.2, 0) is 4.79 Å². The Kier molecular flexibility index (Phi) is 3.33. The molecule has 0 atom stereocenters. The van der Waals surface area contributed by atoms with Gasteiger partial charge < -0.3 is 10.6 Å². The molecule has 0 aromatic carbocycles. The topological polar surface area (TPSA) is 105 Å². The van der Waals surface area contributed by atoms with Crippen molar-refractivity contribution in [3.8, 4) is 0 Å². The largest absolute Gasteiger partial charge is 0.358 e. The number of nitrogens with two attached hydrogens (primary N) is 1. The summed E-state index contributed by atoms with van der Waals surface area (Å²) in [7, 11) is 0. The number of hydrogen-bond acceptors (Lipinski definition) is 6. The van der Waals surface area contributed by atoms with Crippen LogP contribution in [0.1, 0.15) is 12.8 Å². The lowest BCUT2D eigenvalue weighted by Gasteiger charge is -2.07. The van der Waals surface area contributed by atoms with Crippen molar-refractivity contribution >= 4 is 17.7 Å². The molecule has 1 aromatic rings. The van der Waals surface area contributed by atoms with E-state index >= 15 is 0 Å². The van der Waals surface area contributed by atoms with Gasteiger partial charge in [-0.25, -0.2) is 15.2 Å². The van der Waals surface area contributed by atoms with E-state index in [-0.39, 0.29) is 30.3 Å². The Balaban J connectivity index is 1.90. The maximum absolute atomic E-state index is 13.2. The summed E-state index contributed by atoms with van der Waals surface area (Å²) >= 11 is 0. The molecule has 1 aliphatic carbocycles. The van der Waals surface area contributed by atoms with E-state index in [9.17, 15) is 9.18 Å². The van der Waals surface area contributed by atoms with E-state index in [1.165, 1.54) is 0 Å². The smallest absolute Gasteiger partial charge is 0.239 e. The minimum absolute atomic E-state index is 0.0333. The highest BCUT2D eigenvalue weighted by molar-refractivity contribution is 5.81. The molecule has 0 saturated heterocycles.